The molecule has 1 N–H and O–H groups in total. The molecule has 17 heavy (non-hydrogen) atoms. The molecule has 0 radical (unpaired) electrons. The summed E-state index contributed by atoms with van der Waals surface area (Å²) in [4.78, 5) is 0. The van der Waals surface area contributed by atoms with Gasteiger partial charge in [0.05, 0.1) is 6.61 Å². The van der Waals surface area contributed by atoms with E-state index in [9.17, 15) is 5.11 Å². The molecule has 3 heteroatoms. The lowest BCUT2D eigenvalue weighted by molar-refractivity contribution is 0.119. The van der Waals surface area contributed by atoms with Crippen LogP contribution in [-0.4, -0.2) is 18.3 Å². The second-order valence-corrected chi connectivity index (χ2v) is 5.67. The molecular weight excluding hydrogens is 280 g/mol. The molecule has 1 aromatic carbocycles. The SMILES string of the molecule is OCC(COc1ccc(Br)cc1)C1CCCC1. The molecule has 1 aliphatic carbocycles. The molecule has 0 saturated heterocycles. The first-order valence-electron chi connectivity index (χ1n) is 6.29. The van der Waals surface area contributed by atoms with Gasteiger partial charge in [-0.25, -0.2) is 0 Å². The van der Waals surface area contributed by atoms with Crippen LogP contribution in [0.4, 0.5) is 0 Å². The lowest BCUT2D eigenvalue weighted by Gasteiger charge is -2.21. The van der Waals surface area contributed by atoms with Crippen molar-refractivity contribution in [3.05, 3.63) is 28.7 Å². The zero-order chi connectivity index (χ0) is 12.1. The Hall–Kier alpha value is -0.540. The Morgan fingerprint density at radius 3 is 2.47 bits per heavy atom. The number of hydrogen-bond donors (Lipinski definition) is 1. The quantitative estimate of drug-likeness (QED) is 0.899. The second kappa shape index (κ2) is 6.41. The fourth-order valence-electron chi connectivity index (χ4n) is 2.50. The van der Waals surface area contributed by atoms with Gasteiger partial charge in [-0.1, -0.05) is 28.8 Å². The molecule has 1 unspecified atom stereocenters. The van der Waals surface area contributed by atoms with E-state index >= 15 is 0 Å². The van der Waals surface area contributed by atoms with Gasteiger partial charge in [0.2, 0.25) is 0 Å². The molecule has 0 amide bonds. The highest BCUT2D eigenvalue weighted by atomic mass is 79.9. The van der Waals surface area contributed by atoms with Crippen molar-refractivity contribution in [1.29, 1.82) is 0 Å². The molecule has 1 aromatic rings. The Labute approximate surface area is 111 Å². The summed E-state index contributed by atoms with van der Waals surface area (Å²) < 4.78 is 6.80. The van der Waals surface area contributed by atoms with Crippen LogP contribution in [0.1, 0.15) is 25.7 Å². The topological polar surface area (TPSA) is 29.5 Å². The standard InChI is InChI=1S/C14H19BrO2/c15-13-5-7-14(8-6-13)17-10-12(9-16)11-3-1-2-4-11/h5-8,11-12,16H,1-4,9-10H2. The molecule has 94 valence electrons. The van der Waals surface area contributed by atoms with Crippen molar-refractivity contribution < 1.29 is 9.84 Å². The first-order valence-corrected chi connectivity index (χ1v) is 7.08. The van der Waals surface area contributed by atoms with Gasteiger partial charge in [0.1, 0.15) is 5.75 Å². The lowest BCUT2D eigenvalue weighted by Crippen LogP contribution is -2.23. The molecule has 1 saturated carbocycles. The maximum Gasteiger partial charge on any atom is 0.119 e. The van der Waals surface area contributed by atoms with E-state index in [-0.39, 0.29) is 6.61 Å². The number of rotatable bonds is 5. The third-order valence-electron chi connectivity index (χ3n) is 3.58. The molecule has 1 atom stereocenters. The third kappa shape index (κ3) is 3.71. The molecule has 0 aliphatic heterocycles. The highest BCUT2D eigenvalue weighted by Crippen LogP contribution is 2.31. The Morgan fingerprint density at radius 1 is 1.24 bits per heavy atom. The first-order chi connectivity index (χ1) is 8.29. The number of benzene rings is 1. The monoisotopic (exact) mass is 298 g/mol. The van der Waals surface area contributed by atoms with Gasteiger partial charge in [-0.05, 0) is 43.0 Å². The van der Waals surface area contributed by atoms with Gasteiger partial charge in [-0.15, -0.1) is 0 Å². The van der Waals surface area contributed by atoms with Crippen molar-refractivity contribution in [2.75, 3.05) is 13.2 Å². The van der Waals surface area contributed by atoms with Crippen LogP contribution in [0, 0.1) is 11.8 Å². The van der Waals surface area contributed by atoms with Crippen LogP contribution in [0.2, 0.25) is 0 Å². The molecule has 0 spiro atoms. The van der Waals surface area contributed by atoms with Crippen LogP contribution in [0.15, 0.2) is 28.7 Å². The average molecular weight is 299 g/mol. The first kappa shape index (κ1) is 12.9. The van der Waals surface area contributed by atoms with Gasteiger partial charge in [-0.2, -0.15) is 0 Å². The summed E-state index contributed by atoms with van der Waals surface area (Å²) in [5, 5.41) is 9.42. The predicted molar refractivity (Wildman–Crippen MR) is 72.2 cm³/mol. The second-order valence-electron chi connectivity index (χ2n) is 4.75. The number of ether oxygens (including phenoxy) is 1. The largest absolute Gasteiger partial charge is 0.493 e. The number of aliphatic hydroxyl groups excluding tert-OH is 1. The van der Waals surface area contributed by atoms with Gasteiger partial charge < -0.3 is 9.84 Å². The van der Waals surface area contributed by atoms with E-state index in [0.29, 0.717) is 18.4 Å². The minimum absolute atomic E-state index is 0.237. The van der Waals surface area contributed by atoms with Crippen LogP contribution in [0.3, 0.4) is 0 Å². The fraction of sp³-hybridized carbons (Fsp3) is 0.571. The smallest absolute Gasteiger partial charge is 0.119 e. The third-order valence-corrected chi connectivity index (χ3v) is 4.11. The van der Waals surface area contributed by atoms with Crippen molar-refractivity contribution >= 4 is 15.9 Å². The molecule has 0 heterocycles. The molecule has 0 aromatic heterocycles. The van der Waals surface area contributed by atoms with E-state index in [0.717, 1.165) is 10.2 Å². The van der Waals surface area contributed by atoms with Crippen molar-refractivity contribution in [3.8, 4) is 5.75 Å². The Kier molecular flexibility index (Phi) is 4.86. The molecule has 2 nitrogen and oxygen atoms in total. The highest BCUT2D eigenvalue weighted by molar-refractivity contribution is 9.10. The number of halogens is 1. The minimum atomic E-state index is 0.237. The Balaban J connectivity index is 1.84. The molecule has 1 fully saturated rings. The summed E-state index contributed by atoms with van der Waals surface area (Å²) in [7, 11) is 0. The number of hydrogen-bond acceptors (Lipinski definition) is 2. The Morgan fingerprint density at radius 2 is 1.88 bits per heavy atom. The summed E-state index contributed by atoms with van der Waals surface area (Å²) in [6.07, 6.45) is 5.10. The zero-order valence-electron chi connectivity index (χ0n) is 9.94. The van der Waals surface area contributed by atoms with E-state index in [1.807, 2.05) is 24.3 Å². The highest BCUT2D eigenvalue weighted by Gasteiger charge is 2.24. The maximum absolute atomic E-state index is 9.42. The van der Waals surface area contributed by atoms with Gasteiger partial charge >= 0.3 is 0 Å². The summed E-state index contributed by atoms with van der Waals surface area (Å²) in [6.45, 7) is 0.865. The van der Waals surface area contributed by atoms with E-state index in [2.05, 4.69) is 15.9 Å². The Bertz CT molecular complexity index is 331. The van der Waals surface area contributed by atoms with Gasteiger partial charge in [0.15, 0.2) is 0 Å². The number of aliphatic hydroxyl groups is 1. The van der Waals surface area contributed by atoms with Crippen LogP contribution in [0.25, 0.3) is 0 Å². The normalized spacial score (nSPS) is 18.2. The van der Waals surface area contributed by atoms with E-state index in [4.69, 9.17) is 4.74 Å². The molecular formula is C14H19BrO2. The van der Waals surface area contributed by atoms with Crippen LogP contribution in [0.5, 0.6) is 5.75 Å². The summed E-state index contributed by atoms with van der Waals surface area (Å²) in [5.41, 5.74) is 0. The van der Waals surface area contributed by atoms with Gasteiger partial charge in [-0.3, -0.25) is 0 Å². The van der Waals surface area contributed by atoms with Crippen LogP contribution >= 0.6 is 15.9 Å². The van der Waals surface area contributed by atoms with Crippen LogP contribution < -0.4 is 4.74 Å². The molecule has 2 rings (SSSR count). The van der Waals surface area contributed by atoms with Gasteiger partial charge in [0, 0.05) is 17.0 Å². The van der Waals surface area contributed by atoms with E-state index in [1.165, 1.54) is 25.7 Å². The van der Waals surface area contributed by atoms with E-state index < -0.39 is 0 Å². The minimum Gasteiger partial charge on any atom is -0.493 e. The maximum atomic E-state index is 9.42. The zero-order valence-corrected chi connectivity index (χ0v) is 11.5. The summed E-state index contributed by atoms with van der Waals surface area (Å²) >= 11 is 3.40. The van der Waals surface area contributed by atoms with Crippen molar-refractivity contribution in [1.82, 2.24) is 0 Å². The summed E-state index contributed by atoms with van der Waals surface area (Å²) in [5.74, 6) is 1.82. The fourth-order valence-corrected chi connectivity index (χ4v) is 2.77. The van der Waals surface area contributed by atoms with Crippen LogP contribution in [-0.2, 0) is 0 Å². The van der Waals surface area contributed by atoms with Gasteiger partial charge in [0.25, 0.3) is 0 Å². The van der Waals surface area contributed by atoms with E-state index in [1.54, 1.807) is 0 Å². The predicted octanol–water partition coefficient (Wildman–Crippen LogP) is 3.63. The van der Waals surface area contributed by atoms with Crippen molar-refractivity contribution in [2.24, 2.45) is 11.8 Å². The lowest BCUT2D eigenvalue weighted by atomic mass is 9.92. The van der Waals surface area contributed by atoms with Crippen molar-refractivity contribution in [2.45, 2.75) is 25.7 Å². The summed E-state index contributed by atoms with van der Waals surface area (Å²) in [6, 6.07) is 7.85. The molecule has 0 bridgehead atoms. The van der Waals surface area contributed by atoms with Crippen molar-refractivity contribution in [3.63, 3.8) is 0 Å². The molecule has 1 aliphatic rings. The average Bonchev–Trinajstić information content (AvgIpc) is 2.86.